The number of carbonyl (C=O) groups excluding carboxylic acids is 3. The Morgan fingerprint density at radius 3 is 2.25 bits per heavy atom. The number of anilines is 1. The van der Waals surface area contributed by atoms with Gasteiger partial charge in [-0.3, -0.25) is 19.3 Å². The Morgan fingerprint density at radius 1 is 0.917 bits per heavy atom. The van der Waals surface area contributed by atoms with Crippen molar-refractivity contribution in [1.29, 1.82) is 5.26 Å². The first-order chi connectivity index (χ1) is 17.4. The number of nitrogens with zero attached hydrogens (tertiary/aromatic N) is 4. The number of piperazine rings is 1. The van der Waals surface area contributed by atoms with Gasteiger partial charge in [0.25, 0.3) is 17.7 Å². The average molecular weight is 483 g/mol. The van der Waals surface area contributed by atoms with E-state index in [1.54, 1.807) is 35.2 Å². The highest BCUT2D eigenvalue weighted by Crippen LogP contribution is 2.31. The van der Waals surface area contributed by atoms with Crippen LogP contribution in [-0.2, 0) is 0 Å². The second-order valence-electron chi connectivity index (χ2n) is 8.90. The molecule has 3 aromatic carbocycles. The van der Waals surface area contributed by atoms with E-state index in [4.69, 9.17) is 0 Å². The average Bonchev–Trinajstić information content (AvgIpc) is 3.15. The van der Waals surface area contributed by atoms with Crippen LogP contribution in [0, 0.1) is 24.1 Å². The van der Waals surface area contributed by atoms with Crippen LogP contribution in [0.25, 0.3) is 0 Å². The summed E-state index contributed by atoms with van der Waals surface area (Å²) in [4.78, 5) is 44.1. The van der Waals surface area contributed by atoms with E-state index in [1.165, 1.54) is 24.3 Å². The number of halogens is 1. The van der Waals surface area contributed by atoms with Gasteiger partial charge in [0, 0.05) is 31.7 Å². The van der Waals surface area contributed by atoms with Crippen molar-refractivity contribution in [3.63, 3.8) is 0 Å². The number of hydrogen-bond acceptors (Lipinski definition) is 5. The molecule has 0 radical (unpaired) electrons. The van der Waals surface area contributed by atoms with E-state index in [9.17, 15) is 24.0 Å². The first kappa shape index (κ1) is 23.4. The molecule has 0 aliphatic carbocycles. The van der Waals surface area contributed by atoms with Gasteiger partial charge in [-0.1, -0.05) is 30.3 Å². The number of fused-ring (bicyclic) bond motifs is 1. The highest BCUT2D eigenvalue weighted by atomic mass is 19.1. The monoisotopic (exact) mass is 482 g/mol. The lowest BCUT2D eigenvalue weighted by atomic mass is 10.0. The Morgan fingerprint density at radius 2 is 1.58 bits per heavy atom. The molecule has 1 atom stereocenters. The fourth-order valence-electron chi connectivity index (χ4n) is 4.78. The maximum absolute atomic E-state index is 13.3. The standard InChI is InChI=1S/C28H23FN4O3/c1-18-4-2-3-5-24(18)33-27(35)22-11-8-20(16-23(22)28(33)36)26(34)32-14-12-31(13-15-32)25(17-30)19-6-9-21(29)10-7-19/h2-11,16,25H,12-15H2,1H3. The number of hydrogen-bond donors (Lipinski definition) is 0. The molecule has 0 spiro atoms. The molecular weight excluding hydrogens is 459 g/mol. The van der Waals surface area contributed by atoms with E-state index in [0.717, 1.165) is 10.5 Å². The van der Waals surface area contributed by atoms with E-state index in [2.05, 4.69) is 6.07 Å². The van der Waals surface area contributed by atoms with Crippen LogP contribution in [0.15, 0.2) is 66.7 Å². The third-order valence-electron chi connectivity index (χ3n) is 6.76. The van der Waals surface area contributed by atoms with Crippen molar-refractivity contribution in [2.75, 3.05) is 31.1 Å². The van der Waals surface area contributed by atoms with Crippen molar-refractivity contribution in [2.45, 2.75) is 13.0 Å². The van der Waals surface area contributed by atoms with E-state index < -0.39 is 17.9 Å². The van der Waals surface area contributed by atoms with E-state index >= 15 is 0 Å². The minimum atomic E-state index is -0.529. The minimum Gasteiger partial charge on any atom is -0.336 e. The molecule has 0 bridgehead atoms. The molecule has 1 fully saturated rings. The van der Waals surface area contributed by atoms with Gasteiger partial charge in [0.2, 0.25) is 0 Å². The van der Waals surface area contributed by atoms with Gasteiger partial charge in [0.1, 0.15) is 11.9 Å². The number of para-hydroxylation sites is 1. The number of carbonyl (C=O) groups is 3. The molecule has 0 saturated carbocycles. The van der Waals surface area contributed by atoms with Crippen molar-refractivity contribution in [1.82, 2.24) is 9.80 Å². The summed E-state index contributed by atoms with van der Waals surface area (Å²) in [6, 6.07) is 19.4. The smallest absolute Gasteiger partial charge is 0.266 e. The Hall–Kier alpha value is -4.35. The van der Waals surface area contributed by atoms with Crippen LogP contribution in [0.5, 0.6) is 0 Å². The van der Waals surface area contributed by atoms with Crippen LogP contribution in [-0.4, -0.2) is 53.7 Å². The molecule has 7 nitrogen and oxygen atoms in total. The molecular formula is C28H23FN4O3. The maximum atomic E-state index is 13.3. The van der Waals surface area contributed by atoms with Crippen LogP contribution in [0.2, 0.25) is 0 Å². The van der Waals surface area contributed by atoms with Gasteiger partial charge < -0.3 is 4.90 Å². The lowest BCUT2D eigenvalue weighted by Gasteiger charge is -2.37. The third kappa shape index (κ3) is 4.04. The summed E-state index contributed by atoms with van der Waals surface area (Å²) in [6.45, 7) is 3.59. The van der Waals surface area contributed by atoms with Gasteiger partial charge in [-0.2, -0.15) is 5.26 Å². The van der Waals surface area contributed by atoms with Gasteiger partial charge in [0.05, 0.1) is 22.9 Å². The molecule has 36 heavy (non-hydrogen) atoms. The zero-order valence-electron chi connectivity index (χ0n) is 19.6. The maximum Gasteiger partial charge on any atom is 0.266 e. The minimum absolute atomic E-state index is 0.216. The highest BCUT2D eigenvalue weighted by molar-refractivity contribution is 6.35. The van der Waals surface area contributed by atoms with Crippen molar-refractivity contribution in [3.05, 3.63) is 100 Å². The van der Waals surface area contributed by atoms with Crippen molar-refractivity contribution in [3.8, 4) is 6.07 Å². The Bertz CT molecular complexity index is 1410. The summed E-state index contributed by atoms with van der Waals surface area (Å²) in [7, 11) is 0. The van der Waals surface area contributed by atoms with Crippen molar-refractivity contribution >= 4 is 23.4 Å². The molecule has 5 rings (SSSR count). The summed E-state index contributed by atoms with van der Waals surface area (Å²) < 4.78 is 13.3. The Labute approximate surface area is 208 Å². The number of benzene rings is 3. The predicted molar refractivity (Wildman–Crippen MR) is 131 cm³/mol. The molecule has 2 heterocycles. The molecule has 0 N–H and O–H groups in total. The van der Waals surface area contributed by atoms with Crippen LogP contribution < -0.4 is 4.90 Å². The van der Waals surface area contributed by atoms with E-state index in [1.807, 2.05) is 24.0 Å². The lowest BCUT2D eigenvalue weighted by molar-refractivity contribution is 0.0606. The zero-order valence-corrected chi connectivity index (χ0v) is 19.6. The largest absolute Gasteiger partial charge is 0.336 e. The Balaban J connectivity index is 1.30. The van der Waals surface area contributed by atoms with Gasteiger partial charge in [-0.15, -0.1) is 0 Å². The van der Waals surface area contributed by atoms with Crippen LogP contribution in [0.3, 0.4) is 0 Å². The second kappa shape index (κ2) is 9.36. The summed E-state index contributed by atoms with van der Waals surface area (Å²) in [6.07, 6.45) is 0. The van der Waals surface area contributed by atoms with Gasteiger partial charge in [0.15, 0.2) is 0 Å². The molecule has 180 valence electrons. The highest BCUT2D eigenvalue weighted by Gasteiger charge is 2.38. The topological polar surface area (TPSA) is 84.7 Å². The molecule has 1 saturated heterocycles. The molecule has 0 aromatic heterocycles. The molecule has 3 amide bonds. The third-order valence-corrected chi connectivity index (χ3v) is 6.76. The van der Waals surface area contributed by atoms with Gasteiger partial charge >= 0.3 is 0 Å². The van der Waals surface area contributed by atoms with Crippen LogP contribution in [0.1, 0.15) is 48.2 Å². The number of imide groups is 1. The van der Waals surface area contributed by atoms with Gasteiger partial charge in [-0.25, -0.2) is 9.29 Å². The molecule has 3 aromatic rings. The molecule has 1 unspecified atom stereocenters. The predicted octanol–water partition coefficient (Wildman–Crippen LogP) is 3.96. The van der Waals surface area contributed by atoms with Crippen LogP contribution in [0.4, 0.5) is 10.1 Å². The second-order valence-corrected chi connectivity index (χ2v) is 8.90. The number of aryl methyl sites for hydroxylation is 1. The SMILES string of the molecule is Cc1ccccc1N1C(=O)c2ccc(C(=O)N3CCN(C(C#N)c4ccc(F)cc4)CC3)cc2C1=O. The quantitative estimate of drug-likeness (QED) is 0.526. The molecule has 8 heteroatoms. The molecule has 2 aliphatic heterocycles. The van der Waals surface area contributed by atoms with E-state index in [0.29, 0.717) is 43.0 Å². The number of amides is 3. The van der Waals surface area contributed by atoms with Crippen molar-refractivity contribution in [2.24, 2.45) is 0 Å². The molecule has 2 aliphatic rings. The normalized spacial score (nSPS) is 16.6. The van der Waals surface area contributed by atoms with E-state index in [-0.39, 0.29) is 22.9 Å². The summed E-state index contributed by atoms with van der Waals surface area (Å²) in [5.41, 5.74) is 2.87. The first-order valence-corrected chi connectivity index (χ1v) is 11.7. The van der Waals surface area contributed by atoms with Crippen LogP contribution >= 0.6 is 0 Å². The lowest BCUT2D eigenvalue weighted by Crippen LogP contribution is -2.49. The Kier molecular flexibility index (Phi) is 6.08. The first-order valence-electron chi connectivity index (χ1n) is 11.7. The van der Waals surface area contributed by atoms with Gasteiger partial charge in [-0.05, 0) is 54.4 Å². The zero-order chi connectivity index (χ0) is 25.4. The number of rotatable bonds is 4. The summed E-state index contributed by atoms with van der Waals surface area (Å²) in [5.74, 6) is -1.44. The van der Waals surface area contributed by atoms with Crippen molar-refractivity contribution < 1.29 is 18.8 Å². The summed E-state index contributed by atoms with van der Waals surface area (Å²) in [5, 5.41) is 9.68. The summed E-state index contributed by atoms with van der Waals surface area (Å²) >= 11 is 0. The fourth-order valence-corrected chi connectivity index (χ4v) is 4.78. The fraction of sp³-hybridized carbons (Fsp3) is 0.214. The number of nitriles is 1.